The molecule has 0 saturated carbocycles. The molecular formula is C10H10NO2+. The van der Waals surface area contributed by atoms with Gasteiger partial charge in [-0.1, -0.05) is 18.2 Å². The van der Waals surface area contributed by atoms with Gasteiger partial charge in [-0.2, -0.15) is 4.98 Å². The van der Waals surface area contributed by atoms with Crippen LogP contribution in [0.2, 0.25) is 0 Å². The summed E-state index contributed by atoms with van der Waals surface area (Å²) >= 11 is 0. The van der Waals surface area contributed by atoms with E-state index in [0.29, 0.717) is 5.39 Å². The number of hydrogen-bond donors (Lipinski definition) is 2. The van der Waals surface area contributed by atoms with Crippen molar-refractivity contribution in [2.24, 2.45) is 0 Å². The summed E-state index contributed by atoms with van der Waals surface area (Å²) in [5, 5.41) is 20.3. The van der Waals surface area contributed by atoms with Crippen LogP contribution in [0.25, 0.3) is 10.8 Å². The molecule has 0 saturated heterocycles. The van der Waals surface area contributed by atoms with Crippen LogP contribution in [-0.4, -0.2) is 10.2 Å². The molecule has 1 aromatic carbocycles. The Kier molecular flexibility index (Phi) is 1.59. The van der Waals surface area contributed by atoms with Crippen molar-refractivity contribution >= 4 is 10.8 Å². The van der Waals surface area contributed by atoms with Crippen molar-refractivity contribution in [2.45, 2.75) is 6.92 Å². The molecule has 0 fully saturated rings. The average molecular weight is 176 g/mol. The highest BCUT2D eigenvalue weighted by atomic mass is 16.3. The largest absolute Gasteiger partial charge is 0.499 e. The van der Waals surface area contributed by atoms with E-state index in [1.54, 1.807) is 12.3 Å². The average Bonchev–Trinajstić information content (AvgIpc) is 2.12. The molecule has 0 aliphatic heterocycles. The van der Waals surface area contributed by atoms with Gasteiger partial charge in [0.05, 0.1) is 5.39 Å². The van der Waals surface area contributed by atoms with Crippen LogP contribution in [0, 0.1) is 6.92 Å². The van der Waals surface area contributed by atoms with Crippen LogP contribution in [-0.2, 0) is 0 Å². The van der Waals surface area contributed by atoms with Gasteiger partial charge in [0.25, 0.3) is 0 Å². The van der Waals surface area contributed by atoms with Crippen molar-refractivity contribution in [1.29, 1.82) is 0 Å². The minimum Gasteiger partial charge on any atom is -0.499 e. The number of pyridine rings is 1. The molecule has 3 nitrogen and oxygen atoms in total. The third-order valence-electron chi connectivity index (χ3n) is 2.16. The van der Waals surface area contributed by atoms with Crippen molar-refractivity contribution in [3.63, 3.8) is 0 Å². The Morgan fingerprint density at radius 2 is 1.92 bits per heavy atom. The van der Waals surface area contributed by atoms with Crippen LogP contribution in [0.3, 0.4) is 0 Å². The molecule has 2 rings (SSSR count). The lowest BCUT2D eigenvalue weighted by molar-refractivity contribution is -0.393. The number of aromatic hydroxyl groups is 2. The number of aryl methyl sites for hydroxylation is 1. The Balaban J connectivity index is 2.94. The Labute approximate surface area is 75.3 Å². The van der Waals surface area contributed by atoms with Crippen LogP contribution >= 0.6 is 0 Å². The quantitative estimate of drug-likeness (QED) is 0.637. The number of hydrogen-bond acceptors (Lipinski definition) is 2. The maximum absolute atomic E-state index is 9.50. The van der Waals surface area contributed by atoms with E-state index in [2.05, 4.69) is 4.98 Å². The van der Waals surface area contributed by atoms with E-state index in [0.717, 1.165) is 10.9 Å². The Morgan fingerprint density at radius 1 is 1.15 bits per heavy atom. The summed E-state index contributed by atoms with van der Waals surface area (Å²) in [6.45, 7) is 1.95. The number of fused-ring (bicyclic) bond motifs is 1. The zero-order valence-corrected chi connectivity index (χ0v) is 7.20. The van der Waals surface area contributed by atoms with Crippen molar-refractivity contribution in [1.82, 2.24) is 0 Å². The molecular weight excluding hydrogens is 166 g/mol. The molecule has 0 bridgehead atoms. The van der Waals surface area contributed by atoms with Crippen LogP contribution in [0.5, 0.6) is 11.6 Å². The monoisotopic (exact) mass is 176 g/mol. The molecule has 0 radical (unpaired) electrons. The van der Waals surface area contributed by atoms with Crippen molar-refractivity contribution in [3.05, 3.63) is 30.0 Å². The summed E-state index contributed by atoms with van der Waals surface area (Å²) in [6, 6.07) is 5.56. The number of benzene rings is 1. The van der Waals surface area contributed by atoms with E-state index >= 15 is 0 Å². The molecule has 3 N–H and O–H groups in total. The first-order chi connectivity index (χ1) is 6.20. The number of nitrogens with one attached hydrogen (secondary N) is 1. The third-order valence-corrected chi connectivity index (χ3v) is 2.16. The standard InChI is InChI=1S/C10H9NO2/c1-6-3-2-4-7-8(6)5-11-10(13)9(7)12/h2-5,12H,1H3,(H,11,13)/p+1. The van der Waals surface area contributed by atoms with Crippen molar-refractivity contribution < 1.29 is 15.2 Å². The summed E-state index contributed by atoms with van der Waals surface area (Å²) in [5.41, 5.74) is 1.06. The minimum atomic E-state index is -0.196. The molecule has 13 heavy (non-hydrogen) atoms. The van der Waals surface area contributed by atoms with Gasteiger partial charge in [-0.25, -0.2) is 0 Å². The number of H-pyrrole nitrogens is 1. The van der Waals surface area contributed by atoms with Crippen LogP contribution in [0.4, 0.5) is 0 Å². The molecule has 2 aromatic rings. The Morgan fingerprint density at radius 3 is 2.69 bits per heavy atom. The predicted octanol–water partition coefficient (Wildman–Crippen LogP) is 1.37. The van der Waals surface area contributed by atoms with Gasteiger partial charge in [0.15, 0.2) is 6.20 Å². The van der Waals surface area contributed by atoms with E-state index < -0.39 is 0 Å². The minimum absolute atomic E-state index is 0.0961. The van der Waals surface area contributed by atoms with Crippen LogP contribution < -0.4 is 4.98 Å². The van der Waals surface area contributed by atoms with Gasteiger partial charge in [-0.05, 0) is 12.5 Å². The smallest absolute Gasteiger partial charge is 0.407 e. The van der Waals surface area contributed by atoms with Crippen molar-refractivity contribution in [2.75, 3.05) is 0 Å². The molecule has 0 aliphatic rings. The van der Waals surface area contributed by atoms with E-state index in [1.165, 1.54) is 0 Å². The van der Waals surface area contributed by atoms with E-state index in [1.807, 2.05) is 19.1 Å². The highest BCUT2D eigenvalue weighted by molar-refractivity contribution is 5.90. The zero-order valence-electron chi connectivity index (χ0n) is 7.20. The van der Waals surface area contributed by atoms with Gasteiger partial charge >= 0.3 is 5.88 Å². The second-order valence-corrected chi connectivity index (χ2v) is 3.02. The summed E-state index contributed by atoms with van der Waals surface area (Å²) < 4.78 is 0. The molecule has 66 valence electrons. The van der Waals surface area contributed by atoms with Gasteiger partial charge < -0.3 is 10.2 Å². The first-order valence-electron chi connectivity index (χ1n) is 4.02. The second-order valence-electron chi connectivity index (χ2n) is 3.02. The third kappa shape index (κ3) is 1.09. The fourth-order valence-corrected chi connectivity index (χ4v) is 1.42. The molecule has 0 amide bonds. The fraction of sp³-hybridized carbons (Fsp3) is 0.100. The maximum Gasteiger partial charge on any atom is 0.407 e. The van der Waals surface area contributed by atoms with Gasteiger partial charge in [0.1, 0.15) is 0 Å². The maximum atomic E-state index is 9.50. The summed E-state index contributed by atoms with van der Waals surface area (Å²) in [6.07, 6.45) is 1.68. The zero-order chi connectivity index (χ0) is 9.42. The van der Waals surface area contributed by atoms with Crippen LogP contribution in [0.1, 0.15) is 5.56 Å². The number of rotatable bonds is 0. The highest BCUT2D eigenvalue weighted by Gasteiger charge is 2.12. The molecule has 0 aliphatic carbocycles. The fourth-order valence-electron chi connectivity index (χ4n) is 1.42. The van der Waals surface area contributed by atoms with E-state index in [4.69, 9.17) is 0 Å². The lowest BCUT2D eigenvalue weighted by Gasteiger charge is -1.99. The summed E-state index contributed by atoms with van der Waals surface area (Å²) in [5.74, 6) is -0.292. The van der Waals surface area contributed by atoms with Gasteiger partial charge in [0.2, 0.25) is 5.75 Å². The highest BCUT2D eigenvalue weighted by Crippen LogP contribution is 2.29. The SMILES string of the molecule is Cc1cccc2c(O)c(O)[nH+]cc12. The van der Waals surface area contributed by atoms with Gasteiger partial charge in [0, 0.05) is 5.39 Å². The normalized spacial score (nSPS) is 10.5. The van der Waals surface area contributed by atoms with E-state index in [-0.39, 0.29) is 11.6 Å². The predicted molar refractivity (Wildman–Crippen MR) is 48.6 cm³/mol. The summed E-state index contributed by atoms with van der Waals surface area (Å²) in [7, 11) is 0. The number of aromatic nitrogens is 1. The molecule has 0 atom stereocenters. The molecule has 3 heteroatoms. The number of aromatic amines is 1. The molecule has 1 aromatic heterocycles. The molecule has 1 heterocycles. The van der Waals surface area contributed by atoms with E-state index in [9.17, 15) is 10.2 Å². The Hall–Kier alpha value is -1.77. The second kappa shape index (κ2) is 2.62. The van der Waals surface area contributed by atoms with Crippen molar-refractivity contribution in [3.8, 4) is 11.6 Å². The summed E-state index contributed by atoms with van der Waals surface area (Å²) in [4.78, 5) is 2.59. The molecule has 0 unspecified atom stereocenters. The Bertz CT molecular complexity index is 466. The van der Waals surface area contributed by atoms with Gasteiger partial charge in [-0.15, -0.1) is 0 Å². The first-order valence-corrected chi connectivity index (χ1v) is 4.02. The van der Waals surface area contributed by atoms with Crippen LogP contribution in [0.15, 0.2) is 24.4 Å². The molecule has 0 spiro atoms. The lowest BCUT2D eigenvalue weighted by Crippen LogP contribution is -2.01. The lowest BCUT2D eigenvalue weighted by atomic mass is 10.1. The topological polar surface area (TPSA) is 54.6 Å². The first kappa shape index (κ1) is 7.86. The van der Waals surface area contributed by atoms with Gasteiger partial charge in [-0.3, -0.25) is 0 Å².